The standard InChI is InChI=1S/C29H39F2N7O2/c1-5-6-25(39)34-26(19-7-8-19)21-14-24-33-22(16-37(24)32-15-21)27(20-9-11-29(30,31)12-10-20)35-28(40)23-13-18(4)36-38(23)17(2)3/h13-17,19-20,26-27H,5-12H2,1-4H3,(H,34,39)(H,35,40)/t26-,27+/m1/s1. The average Bonchev–Trinajstić information content (AvgIpc) is 3.53. The fraction of sp³-hybridized carbons (Fsp3) is 0.621. The Balaban J connectivity index is 1.45. The van der Waals surface area contributed by atoms with E-state index in [0.29, 0.717) is 29.4 Å². The average molecular weight is 556 g/mol. The molecule has 2 aliphatic carbocycles. The van der Waals surface area contributed by atoms with Gasteiger partial charge >= 0.3 is 0 Å². The van der Waals surface area contributed by atoms with E-state index in [0.717, 1.165) is 30.5 Å². The van der Waals surface area contributed by atoms with Crippen LogP contribution in [0, 0.1) is 18.8 Å². The topological polar surface area (TPSA) is 106 Å². The molecule has 3 heterocycles. The maximum atomic E-state index is 14.1. The zero-order chi connectivity index (χ0) is 28.6. The molecule has 9 nitrogen and oxygen atoms in total. The molecule has 2 amide bonds. The highest BCUT2D eigenvalue weighted by Crippen LogP contribution is 2.43. The summed E-state index contributed by atoms with van der Waals surface area (Å²) in [6.45, 7) is 7.72. The van der Waals surface area contributed by atoms with Crippen molar-refractivity contribution in [3.05, 3.63) is 47.2 Å². The Morgan fingerprint density at radius 1 is 1.07 bits per heavy atom. The van der Waals surface area contributed by atoms with Crippen LogP contribution in [0.25, 0.3) is 5.65 Å². The van der Waals surface area contributed by atoms with Gasteiger partial charge in [0.2, 0.25) is 11.8 Å². The number of hydrogen-bond acceptors (Lipinski definition) is 5. The normalized spacial score (nSPS) is 19.1. The lowest BCUT2D eigenvalue weighted by Crippen LogP contribution is -2.38. The summed E-state index contributed by atoms with van der Waals surface area (Å²) in [5.74, 6) is -2.79. The van der Waals surface area contributed by atoms with E-state index in [2.05, 4.69) is 20.8 Å². The third-order valence-corrected chi connectivity index (χ3v) is 8.02. The number of carbonyl (C=O) groups excluding carboxylic acids is 2. The predicted octanol–water partition coefficient (Wildman–Crippen LogP) is 5.48. The van der Waals surface area contributed by atoms with Crippen molar-refractivity contribution in [2.45, 2.75) is 103 Å². The summed E-state index contributed by atoms with van der Waals surface area (Å²) in [4.78, 5) is 30.7. The molecule has 0 unspecified atom stereocenters. The lowest BCUT2D eigenvalue weighted by atomic mass is 9.81. The van der Waals surface area contributed by atoms with Gasteiger partial charge in [0.1, 0.15) is 5.69 Å². The Bertz CT molecular complexity index is 1370. The maximum absolute atomic E-state index is 14.1. The van der Waals surface area contributed by atoms with Crippen LogP contribution < -0.4 is 10.6 Å². The molecule has 0 bridgehead atoms. The monoisotopic (exact) mass is 555 g/mol. The van der Waals surface area contributed by atoms with Crippen molar-refractivity contribution < 1.29 is 18.4 Å². The van der Waals surface area contributed by atoms with E-state index in [1.54, 1.807) is 27.7 Å². The van der Waals surface area contributed by atoms with E-state index in [-0.39, 0.29) is 55.5 Å². The van der Waals surface area contributed by atoms with Crippen LogP contribution in [0.2, 0.25) is 0 Å². The number of alkyl halides is 2. The zero-order valence-electron chi connectivity index (χ0n) is 23.7. The SMILES string of the molecule is CCCC(=O)N[C@@H](c1cnn2cc([C@@H](NC(=O)c3cc(C)nn3C(C)C)C3CCC(F)(F)CC3)nc2c1)C1CC1. The highest BCUT2D eigenvalue weighted by atomic mass is 19.3. The fourth-order valence-corrected chi connectivity index (χ4v) is 5.73. The minimum absolute atomic E-state index is 0.0173. The lowest BCUT2D eigenvalue weighted by Gasteiger charge is -2.33. The number of nitrogens with one attached hydrogen (secondary N) is 2. The van der Waals surface area contributed by atoms with Crippen LogP contribution >= 0.6 is 0 Å². The fourth-order valence-electron chi connectivity index (χ4n) is 5.73. The molecule has 0 aromatic carbocycles. The Morgan fingerprint density at radius 3 is 2.42 bits per heavy atom. The van der Waals surface area contributed by atoms with Crippen molar-refractivity contribution in [1.29, 1.82) is 0 Å². The molecule has 216 valence electrons. The highest BCUT2D eigenvalue weighted by Gasteiger charge is 2.40. The largest absolute Gasteiger partial charge is 0.349 e. The van der Waals surface area contributed by atoms with Crippen LogP contribution in [0.4, 0.5) is 8.78 Å². The second-order valence-electron chi connectivity index (χ2n) is 11.7. The molecule has 0 radical (unpaired) electrons. The molecule has 40 heavy (non-hydrogen) atoms. The molecule has 0 spiro atoms. The quantitative estimate of drug-likeness (QED) is 0.345. The Hall–Kier alpha value is -3.37. The van der Waals surface area contributed by atoms with Crippen LogP contribution in [0.15, 0.2) is 24.5 Å². The molecule has 0 saturated heterocycles. The first-order valence-electron chi connectivity index (χ1n) is 14.4. The molecule has 5 rings (SSSR count). The molecule has 3 aromatic rings. The summed E-state index contributed by atoms with van der Waals surface area (Å²) >= 11 is 0. The Labute approximate surface area is 233 Å². The van der Waals surface area contributed by atoms with E-state index in [1.165, 1.54) is 0 Å². The van der Waals surface area contributed by atoms with Crippen molar-refractivity contribution in [3.8, 4) is 0 Å². The van der Waals surface area contributed by atoms with Gasteiger partial charge in [-0.05, 0) is 82.4 Å². The minimum Gasteiger partial charge on any atom is -0.349 e. The van der Waals surface area contributed by atoms with Gasteiger partial charge in [-0.3, -0.25) is 14.3 Å². The number of nitrogens with zero attached hydrogens (tertiary/aromatic N) is 5. The first-order chi connectivity index (χ1) is 19.0. The number of fused-ring (bicyclic) bond motifs is 1. The number of amides is 2. The van der Waals surface area contributed by atoms with Gasteiger partial charge in [-0.1, -0.05) is 6.92 Å². The summed E-state index contributed by atoms with van der Waals surface area (Å²) in [6, 6.07) is 2.97. The second-order valence-corrected chi connectivity index (χ2v) is 11.7. The van der Waals surface area contributed by atoms with Gasteiger partial charge in [-0.25, -0.2) is 18.3 Å². The van der Waals surface area contributed by atoms with E-state index in [4.69, 9.17) is 4.98 Å². The van der Waals surface area contributed by atoms with Crippen molar-refractivity contribution in [2.75, 3.05) is 0 Å². The summed E-state index contributed by atoms with van der Waals surface area (Å²) in [5, 5.41) is 15.3. The van der Waals surface area contributed by atoms with Gasteiger partial charge in [0.25, 0.3) is 5.91 Å². The Kier molecular flexibility index (Phi) is 7.92. The number of carbonyl (C=O) groups is 2. The van der Waals surface area contributed by atoms with Gasteiger partial charge in [0.05, 0.1) is 35.9 Å². The van der Waals surface area contributed by atoms with E-state index < -0.39 is 12.0 Å². The van der Waals surface area contributed by atoms with Gasteiger partial charge in [-0.2, -0.15) is 10.2 Å². The molecule has 2 saturated carbocycles. The molecule has 2 N–H and O–H groups in total. The van der Waals surface area contributed by atoms with Crippen LogP contribution in [0.1, 0.15) is 118 Å². The van der Waals surface area contributed by atoms with Crippen LogP contribution in [-0.4, -0.2) is 42.1 Å². The second kappa shape index (κ2) is 11.2. The molecule has 11 heteroatoms. The lowest BCUT2D eigenvalue weighted by molar-refractivity contribution is -0.122. The van der Waals surface area contributed by atoms with Crippen LogP contribution in [0.5, 0.6) is 0 Å². The van der Waals surface area contributed by atoms with Crippen LogP contribution in [0.3, 0.4) is 0 Å². The zero-order valence-corrected chi connectivity index (χ0v) is 23.7. The number of aryl methyl sites for hydroxylation is 1. The van der Waals surface area contributed by atoms with Crippen molar-refractivity contribution in [2.24, 2.45) is 11.8 Å². The minimum atomic E-state index is -2.69. The summed E-state index contributed by atoms with van der Waals surface area (Å²) in [5.41, 5.74) is 3.22. The molecule has 3 aromatic heterocycles. The molecule has 0 aliphatic heterocycles. The smallest absolute Gasteiger partial charge is 0.270 e. The van der Waals surface area contributed by atoms with E-state index in [1.807, 2.05) is 33.8 Å². The van der Waals surface area contributed by atoms with Crippen molar-refractivity contribution >= 4 is 17.5 Å². The molecular weight excluding hydrogens is 516 g/mol. The van der Waals surface area contributed by atoms with E-state index >= 15 is 0 Å². The molecule has 2 aliphatic rings. The first-order valence-corrected chi connectivity index (χ1v) is 14.4. The number of halogens is 2. The van der Waals surface area contributed by atoms with Gasteiger partial charge in [-0.15, -0.1) is 0 Å². The third kappa shape index (κ3) is 6.18. The first kappa shape index (κ1) is 28.2. The van der Waals surface area contributed by atoms with E-state index in [9.17, 15) is 18.4 Å². The number of hydrogen-bond donors (Lipinski definition) is 2. The van der Waals surface area contributed by atoms with Gasteiger partial charge < -0.3 is 10.6 Å². The van der Waals surface area contributed by atoms with Crippen molar-refractivity contribution in [3.63, 3.8) is 0 Å². The molecular formula is C29H39F2N7O2. The van der Waals surface area contributed by atoms with Gasteiger partial charge in [0, 0.05) is 25.3 Å². The third-order valence-electron chi connectivity index (χ3n) is 8.02. The summed E-state index contributed by atoms with van der Waals surface area (Å²) in [6.07, 6.45) is 7.00. The molecule has 2 fully saturated rings. The van der Waals surface area contributed by atoms with Crippen molar-refractivity contribution in [1.82, 2.24) is 35.0 Å². The summed E-state index contributed by atoms with van der Waals surface area (Å²) in [7, 11) is 0. The molecule has 2 atom stereocenters. The number of aromatic nitrogens is 5. The predicted molar refractivity (Wildman–Crippen MR) is 146 cm³/mol. The number of imidazole rings is 1. The highest BCUT2D eigenvalue weighted by molar-refractivity contribution is 5.93. The number of rotatable bonds is 10. The van der Waals surface area contributed by atoms with Crippen LogP contribution in [-0.2, 0) is 4.79 Å². The maximum Gasteiger partial charge on any atom is 0.270 e. The Morgan fingerprint density at radius 2 is 1.77 bits per heavy atom. The van der Waals surface area contributed by atoms with Gasteiger partial charge in [0.15, 0.2) is 5.65 Å². The summed E-state index contributed by atoms with van der Waals surface area (Å²) < 4.78 is 31.4.